The molecule has 3 aromatic heterocycles. The van der Waals surface area contributed by atoms with Crippen molar-refractivity contribution in [2.45, 2.75) is 30.0 Å². The van der Waals surface area contributed by atoms with Crippen LogP contribution in [0.5, 0.6) is 5.75 Å². The number of anilines is 1. The largest absolute Gasteiger partial charge is 0.505 e. The quantitative estimate of drug-likeness (QED) is 0.0851. The Kier molecular flexibility index (Phi) is 7.06. The van der Waals surface area contributed by atoms with E-state index in [2.05, 4.69) is 15.2 Å². The molecule has 0 aliphatic carbocycles. The van der Waals surface area contributed by atoms with Gasteiger partial charge in [0, 0.05) is 11.9 Å². The van der Waals surface area contributed by atoms with Crippen molar-refractivity contribution in [3.05, 3.63) is 107 Å². The number of ketones is 1. The summed E-state index contributed by atoms with van der Waals surface area (Å²) in [5, 5.41) is 20.5. The number of aryl methyl sites for hydroxylation is 2. The van der Waals surface area contributed by atoms with Gasteiger partial charge in [-0.15, -0.1) is 10.2 Å². The summed E-state index contributed by atoms with van der Waals surface area (Å²) in [5.74, 6) is -0.641. The maximum Gasteiger partial charge on any atom is 0.301 e. The molecule has 1 aliphatic heterocycles. The third-order valence-electron chi connectivity index (χ3n) is 6.99. The molecule has 0 radical (unpaired) electrons. The van der Waals surface area contributed by atoms with E-state index >= 15 is 0 Å². The molecule has 1 fully saturated rings. The number of carbonyl (C=O) groups excluding carboxylic acids is 2. The van der Waals surface area contributed by atoms with Crippen LogP contribution in [0.1, 0.15) is 34.1 Å². The zero-order valence-electron chi connectivity index (χ0n) is 22.4. The molecule has 5 aromatic rings. The number of aromatic nitrogens is 4. The topological polar surface area (TPSA) is 110 Å². The molecule has 2 aromatic carbocycles. The molecule has 0 spiro atoms. The fourth-order valence-corrected chi connectivity index (χ4v) is 6.71. The number of carbonyl (C=O) groups is 2. The van der Waals surface area contributed by atoms with E-state index in [1.165, 1.54) is 28.0 Å². The second-order valence-corrected chi connectivity index (χ2v) is 11.7. The maximum atomic E-state index is 13.6. The summed E-state index contributed by atoms with van der Waals surface area (Å²) >= 11 is 2.72. The molecule has 1 amide bonds. The second kappa shape index (κ2) is 10.8. The van der Waals surface area contributed by atoms with Crippen LogP contribution in [-0.2, 0) is 15.3 Å². The number of fused-ring (bicyclic) bond motifs is 1. The number of thioether (sulfide) groups is 1. The Hall–Kier alpha value is -4.48. The molecule has 0 saturated carbocycles. The summed E-state index contributed by atoms with van der Waals surface area (Å²) in [4.78, 5) is 33.1. The molecule has 206 valence electrons. The minimum Gasteiger partial charge on any atom is -0.505 e. The summed E-state index contributed by atoms with van der Waals surface area (Å²) < 4.78 is 7.82. The van der Waals surface area contributed by atoms with Gasteiger partial charge in [-0.05, 0) is 48.7 Å². The van der Waals surface area contributed by atoms with Crippen LogP contribution < -0.4 is 9.64 Å². The van der Waals surface area contributed by atoms with Gasteiger partial charge in [-0.2, -0.15) is 0 Å². The highest BCUT2D eigenvalue weighted by Gasteiger charge is 2.48. The number of amides is 1. The van der Waals surface area contributed by atoms with Gasteiger partial charge in [0.1, 0.15) is 17.1 Å². The highest BCUT2D eigenvalue weighted by atomic mass is 32.2. The average molecular weight is 584 g/mol. The number of hydrogen-bond donors (Lipinski definition) is 1. The van der Waals surface area contributed by atoms with Gasteiger partial charge in [-0.1, -0.05) is 71.6 Å². The number of hydrogen-bond acceptors (Lipinski definition) is 9. The Morgan fingerprint density at radius 2 is 1.78 bits per heavy atom. The van der Waals surface area contributed by atoms with Crippen molar-refractivity contribution >= 4 is 51.3 Å². The smallest absolute Gasteiger partial charge is 0.301 e. The van der Waals surface area contributed by atoms with Gasteiger partial charge >= 0.3 is 5.91 Å². The van der Waals surface area contributed by atoms with E-state index in [9.17, 15) is 14.7 Å². The maximum absolute atomic E-state index is 13.6. The fraction of sp³-hybridized carbons (Fsp3) is 0.167. The lowest BCUT2D eigenvalue weighted by Crippen LogP contribution is -2.29. The molecule has 41 heavy (non-hydrogen) atoms. The Labute approximate surface area is 244 Å². The van der Waals surface area contributed by atoms with E-state index in [1.54, 1.807) is 31.4 Å². The number of rotatable bonds is 7. The van der Waals surface area contributed by atoms with Crippen molar-refractivity contribution in [3.8, 4) is 5.75 Å². The van der Waals surface area contributed by atoms with Crippen molar-refractivity contribution in [3.63, 3.8) is 0 Å². The van der Waals surface area contributed by atoms with Crippen LogP contribution in [-0.4, -0.2) is 43.5 Å². The lowest BCUT2D eigenvalue weighted by molar-refractivity contribution is -0.132. The molecular formula is C30H25N5O4S2. The number of benzene rings is 2. The summed E-state index contributed by atoms with van der Waals surface area (Å²) in [7, 11) is 1.56. The van der Waals surface area contributed by atoms with Gasteiger partial charge in [0.15, 0.2) is 10.1 Å². The molecule has 1 unspecified atom stereocenters. The predicted octanol–water partition coefficient (Wildman–Crippen LogP) is 5.73. The van der Waals surface area contributed by atoms with Crippen LogP contribution >= 0.6 is 23.1 Å². The van der Waals surface area contributed by atoms with Gasteiger partial charge in [0.05, 0.1) is 24.4 Å². The average Bonchev–Trinajstić information content (AvgIpc) is 3.67. The molecule has 0 bridgehead atoms. The number of nitrogens with zero attached hydrogens (tertiary/aromatic N) is 5. The summed E-state index contributed by atoms with van der Waals surface area (Å²) in [6.45, 7) is 3.73. The Bertz CT molecular complexity index is 1810. The van der Waals surface area contributed by atoms with Gasteiger partial charge in [0.2, 0.25) is 5.13 Å². The Morgan fingerprint density at radius 1 is 1.02 bits per heavy atom. The lowest BCUT2D eigenvalue weighted by atomic mass is 9.96. The number of ether oxygens (including phenoxy) is 1. The van der Waals surface area contributed by atoms with E-state index in [-0.39, 0.29) is 22.2 Å². The van der Waals surface area contributed by atoms with Crippen molar-refractivity contribution in [1.82, 2.24) is 19.6 Å². The minimum atomic E-state index is -0.939. The molecule has 1 aliphatic rings. The van der Waals surface area contributed by atoms with Crippen LogP contribution in [0.3, 0.4) is 0 Å². The number of Topliss-reactive ketones (excluding diaryl/α,β-unsaturated/α-hetero) is 1. The number of aliphatic hydroxyl groups excluding tert-OH is 1. The fourth-order valence-electron chi connectivity index (χ4n) is 4.88. The summed E-state index contributed by atoms with van der Waals surface area (Å²) in [6.07, 6.45) is 1.84. The molecule has 9 nitrogen and oxygen atoms in total. The summed E-state index contributed by atoms with van der Waals surface area (Å²) in [6, 6.07) is 19.9. The number of imidazole rings is 1. The first-order valence-electron chi connectivity index (χ1n) is 12.8. The van der Waals surface area contributed by atoms with E-state index in [0.717, 1.165) is 11.1 Å². The van der Waals surface area contributed by atoms with Crippen LogP contribution in [0.25, 0.3) is 11.4 Å². The first kappa shape index (κ1) is 26.7. The van der Waals surface area contributed by atoms with Gasteiger partial charge in [-0.25, -0.2) is 4.98 Å². The Balaban J connectivity index is 1.45. The lowest BCUT2D eigenvalue weighted by Gasteiger charge is -2.22. The van der Waals surface area contributed by atoms with E-state index in [0.29, 0.717) is 32.7 Å². The highest BCUT2D eigenvalue weighted by Crippen LogP contribution is 2.44. The van der Waals surface area contributed by atoms with Crippen molar-refractivity contribution in [2.24, 2.45) is 0 Å². The molecule has 11 heteroatoms. The van der Waals surface area contributed by atoms with E-state index < -0.39 is 17.7 Å². The Morgan fingerprint density at radius 3 is 2.49 bits per heavy atom. The van der Waals surface area contributed by atoms with Gasteiger partial charge < -0.3 is 14.2 Å². The molecule has 1 N–H and O–H groups in total. The first-order valence-corrected chi connectivity index (χ1v) is 14.6. The van der Waals surface area contributed by atoms with E-state index in [1.807, 2.05) is 66.9 Å². The number of aliphatic hydroxyl groups is 1. The van der Waals surface area contributed by atoms with Crippen molar-refractivity contribution < 1.29 is 19.4 Å². The summed E-state index contributed by atoms with van der Waals surface area (Å²) in [5.41, 5.74) is 4.15. The minimum absolute atomic E-state index is 0.0574. The van der Waals surface area contributed by atoms with E-state index in [4.69, 9.17) is 4.74 Å². The highest BCUT2D eigenvalue weighted by molar-refractivity contribution is 8.00. The molecular weight excluding hydrogens is 558 g/mol. The standard InChI is InChI=1S/C30H25N5O4S2/c1-17-8-7-15-34-18(2)23(31-27(17)34)25(36)22-24(20-11-13-21(39-3)14-12-20)35(28(38)26(22)37)29-32-33-30(41-29)40-16-19-9-5-4-6-10-19/h4-15,24,36H,16H2,1-3H3. The third kappa shape index (κ3) is 4.76. The zero-order valence-corrected chi connectivity index (χ0v) is 24.1. The van der Waals surface area contributed by atoms with Crippen LogP contribution in [0.4, 0.5) is 5.13 Å². The molecule has 1 saturated heterocycles. The normalized spacial score (nSPS) is 16.6. The molecule has 6 rings (SSSR count). The monoisotopic (exact) mass is 583 g/mol. The van der Waals surface area contributed by atoms with Crippen LogP contribution in [0, 0.1) is 13.8 Å². The van der Waals surface area contributed by atoms with Crippen LogP contribution in [0.15, 0.2) is 82.8 Å². The van der Waals surface area contributed by atoms with Crippen molar-refractivity contribution in [2.75, 3.05) is 12.0 Å². The SMILES string of the molecule is COc1ccc(C2C(=C(O)c3nc4c(C)cccn4c3C)C(=O)C(=O)N2c2nnc(SCc3ccccc3)s2)cc1. The van der Waals surface area contributed by atoms with Crippen molar-refractivity contribution in [1.29, 1.82) is 0 Å². The van der Waals surface area contributed by atoms with Gasteiger partial charge in [0.25, 0.3) is 5.78 Å². The van der Waals surface area contributed by atoms with Crippen LogP contribution in [0.2, 0.25) is 0 Å². The molecule has 4 heterocycles. The molecule has 1 atom stereocenters. The van der Waals surface area contributed by atoms with Gasteiger partial charge in [-0.3, -0.25) is 14.5 Å². The second-order valence-electron chi connectivity index (χ2n) is 9.50. The number of pyridine rings is 1. The predicted molar refractivity (Wildman–Crippen MR) is 158 cm³/mol. The third-order valence-corrected chi connectivity index (χ3v) is 9.12. The first-order chi connectivity index (χ1) is 19.9. The number of methoxy groups -OCH3 is 1. The zero-order chi connectivity index (χ0) is 28.7.